The summed E-state index contributed by atoms with van der Waals surface area (Å²) in [5, 5.41) is 0.670. The van der Waals surface area contributed by atoms with Crippen molar-refractivity contribution in [2.45, 2.75) is 11.8 Å². The van der Waals surface area contributed by atoms with Gasteiger partial charge in [-0.15, -0.1) is 0 Å². The Hall–Kier alpha value is -2.49. The number of hydrogen-bond donors (Lipinski definition) is 0. The summed E-state index contributed by atoms with van der Waals surface area (Å²) in [5.41, 5.74) is 2.17. The number of likely N-dealkylation sites (N-methyl/N-ethyl adjacent to an activating group) is 1. The van der Waals surface area contributed by atoms with Crippen molar-refractivity contribution >= 4 is 33.2 Å². The number of aryl methyl sites for hydroxylation is 1. The molecule has 1 fully saturated rings. The van der Waals surface area contributed by atoms with Gasteiger partial charge in [-0.1, -0.05) is 17.7 Å². The Labute approximate surface area is 194 Å². The highest BCUT2D eigenvalue weighted by Crippen LogP contribution is 2.30. The van der Waals surface area contributed by atoms with E-state index in [0.29, 0.717) is 37.0 Å². The average molecular weight is 482 g/mol. The van der Waals surface area contributed by atoms with Crippen molar-refractivity contribution in [1.29, 1.82) is 0 Å². The highest BCUT2D eigenvalue weighted by molar-refractivity contribution is 7.89. The van der Waals surface area contributed by atoms with Crippen LogP contribution in [0.3, 0.4) is 0 Å². The molecule has 0 saturated carbocycles. The van der Waals surface area contributed by atoms with Crippen LogP contribution in [-0.2, 0) is 14.8 Å². The van der Waals surface area contributed by atoms with Gasteiger partial charge in [-0.2, -0.15) is 4.31 Å². The van der Waals surface area contributed by atoms with Crippen molar-refractivity contribution in [2.75, 3.05) is 58.9 Å². The zero-order valence-corrected chi connectivity index (χ0v) is 20.2. The van der Waals surface area contributed by atoms with E-state index < -0.39 is 10.0 Å². The van der Waals surface area contributed by atoms with E-state index in [1.54, 1.807) is 11.0 Å². The van der Waals surface area contributed by atoms with Crippen LogP contribution in [0.1, 0.15) is 5.56 Å². The van der Waals surface area contributed by atoms with E-state index in [2.05, 4.69) is 4.90 Å². The third-order valence-corrected chi connectivity index (χ3v) is 7.62. The fourth-order valence-electron chi connectivity index (χ4n) is 3.65. The molecule has 0 aromatic heterocycles. The maximum atomic E-state index is 13.1. The number of ether oxygens (including phenoxy) is 2. The Bertz CT molecular complexity index is 1080. The van der Waals surface area contributed by atoms with Crippen LogP contribution in [-0.4, -0.2) is 77.5 Å². The molecule has 0 atom stereocenters. The molecule has 3 rings (SSSR count). The van der Waals surface area contributed by atoms with Gasteiger partial charge in [0.15, 0.2) is 0 Å². The predicted octanol–water partition coefficient (Wildman–Crippen LogP) is 2.63. The van der Waals surface area contributed by atoms with Crippen molar-refractivity contribution in [3.63, 3.8) is 0 Å². The second-order valence-corrected chi connectivity index (χ2v) is 10.0. The van der Waals surface area contributed by atoms with Gasteiger partial charge in [0.25, 0.3) is 0 Å². The van der Waals surface area contributed by atoms with Gasteiger partial charge in [0.1, 0.15) is 16.4 Å². The van der Waals surface area contributed by atoms with Gasteiger partial charge < -0.3 is 19.3 Å². The first-order valence-corrected chi connectivity index (χ1v) is 12.0. The van der Waals surface area contributed by atoms with Crippen molar-refractivity contribution in [2.24, 2.45) is 0 Å². The molecule has 0 radical (unpaired) electrons. The van der Waals surface area contributed by atoms with E-state index in [1.165, 1.54) is 33.4 Å². The topological polar surface area (TPSA) is 79.4 Å². The van der Waals surface area contributed by atoms with Crippen LogP contribution in [0.4, 0.5) is 5.69 Å². The van der Waals surface area contributed by atoms with E-state index in [9.17, 15) is 13.2 Å². The number of anilines is 1. The van der Waals surface area contributed by atoms with Crippen LogP contribution in [0, 0.1) is 6.92 Å². The summed E-state index contributed by atoms with van der Waals surface area (Å²) in [4.78, 5) is 16.7. The van der Waals surface area contributed by atoms with E-state index in [0.717, 1.165) is 15.6 Å². The Kier molecular flexibility index (Phi) is 7.53. The van der Waals surface area contributed by atoms with Crippen LogP contribution >= 0.6 is 11.6 Å². The number of methoxy groups -OCH3 is 2. The molecule has 2 aromatic carbocycles. The first kappa shape index (κ1) is 24.2. The van der Waals surface area contributed by atoms with Crippen molar-refractivity contribution in [3.8, 4) is 11.5 Å². The number of carbonyl (C=O) groups is 1. The van der Waals surface area contributed by atoms with Crippen LogP contribution in [0.25, 0.3) is 0 Å². The quantitative estimate of drug-likeness (QED) is 0.605. The lowest BCUT2D eigenvalue weighted by molar-refractivity contribution is -0.131. The summed E-state index contributed by atoms with van der Waals surface area (Å²) in [6, 6.07) is 10.3. The summed E-state index contributed by atoms with van der Waals surface area (Å²) in [5.74, 6) is 0.326. The van der Waals surface area contributed by atoms with Gasteiger partial charge in [-0.05, 0) is 36.8 Å². The maximum Gasteiger partial charge on any atom is 0.247 e. The Morgan fingerprint density at radius 2 is 1.75 bits per heavy atom. The molecule has 0 aliphatic carbocycles. The molecule has 0 spiro atoms. The van der Waals surface area contributed by atoms with E-state index in [1.807, 2.05) is 25.1 Å². The second-order valence-electron chi connectivity index (χ2n) is 7.58. The molecule has 10 heteroatoms. The van der Waals surface area contributed by atoms with Gasteiger partial charge in [-0.25, -0.2) is 8.42 Å². The lowest BCUT2D eigenvalue weighted by Crippen LogP contribution is -2.51. The van der Waals surface area contributed by atoms with Gasteiger partial charge in [-0.3, -0.25) is 4.79 Å². The van der Waals surface area contributed by atoms with Crippen LogP contribution in [0.5, 0.6) is 11.5 Å². The summed E-state index contributed by atoms with van der Waals surface area (Å²) < 4.78 is 37.6. The number of carbonyl (C=O) groups excluding carboxylic acids is 1. The Morgan fingerprint density at radius 1 is 1.06 bits per heavy atom. The van der Waals surface area contributed by atoms with Gasteiger partial charge in [0, 0.05) is 50.0 Å². The monoisotopic (exact) mass is 481 g/mol. The lowest BCUT2D eigenvalue weighted by Gasteiger charge is -2.37. The number of benzene rings is 2. The molecule has 1 amide bonds. The normalized spacial score (nSPS) is 14.6. The molecule has 0 N–H and O–H groups in total. The SMILES string of the molecule is COc1ccc(OC)c(S(=O)(=O)N(C)CC(=O)N2CCN(c3cc(Cl)ccc3C)CC2)c1. The van der Waals surface area contributed by atoms with E-state index in [-0.39, 0.29) is 23.1 Å². The fourth-order valence-corrected chi connectivity index (χ4v) is 5.10. The highest BCUT2D eigenvalue weighted by atomic mass is 35.5. The second kappa shape index (κ2) is 9.97. The molecule has 1 aliphatic rings. The zero-order valence-electron chi connectivity index (χ0n) is 18.7. The number of amides is 1. The zero-order chi connectivity index (χ0) is 23.5. The van der Waals surface area contributed by atoms with Gasteiger partial charge >= 0.3 is 0 Å². The number of rotatable bonds is 7. The maximum absolute atomic E-state index is 13.1. The minimum absolute atomic E-state index is 0.0455. The van der Waals surface area contributed by atoms with Crippen LogP contribution in [0.15, 0.2) is 41.3 Å². The van der Waals surface area contributed by atoms with Crippen LogP contribution < -0.4 is 14.4 Å². The molecule has 1 saturated heterocycles. The van der Waals surface area contributed by atoms with Crippen molar-refractivity contribution in [3.05, 3.63) is 47.0 Å². The van der Waals surface area contributed by atoms with Crippen LogP contribution in [0.2, 0.25) is 5.02 Å². The van der Waals surface area contributed by atoms with Gasteiger partial charge in [0.05, 0.1) is 20.8 Å². The minimum atomic E-state index is -3.96. The Morgan fingerprint density at radius 3 is 2.38 bits per heavy atom. The molecule has 2 aromatic rings. The molecule has 1 heterocycles. The molecule has 1 aliphatic heterocycles. The molecule has 0 bridgehead atoms. The summed E-state index contributed by atoms with van der Waals surface area (Å²) in [7, 11) is 0.280. The number of halogens is 1. The summed E-state index contributed by atoms with van der Waals surface area (Å²) >= 11 is 6.14. The van der Waals surface area contributed by atoms with Crippen molar-refractivity contribution < 1.29 is 22.7 Å². The minimum Gasteiger partial charge on any atom is -0.497 e. The number of piperazine rings is 1. The molecule has 174 valence electrons. The number of hydrogen-bond acceptors (Lipinski definition) is 6. The third kappa shape index (κ3) is 5.11. The molecule has 32 heavy (non-hydrogen) atoms. The summed E-state index contributed by atoms with van der Waals surface area (Å²) in [6.45, 7) is 4.05. The first-order valence-electron chi connectivity index (χ1n) is 10.1. The largest absolute Gasteiger partial charge is 0.497 e. The molecule has 0 unspecified atom stereocenters. The summed E-state index contributed by atoms with van der Waals surface area (Å²) in [6.07, 6.45) is 0. The van der Waals surface area contributed by atoms with Gasteiger partial charge in [0.2, 0.25) is 15.9 Å². The molecule has 8 nitrogen and oxygen atoms in total. The predicted molar refractivity (Wildman–Crippen MR) is 124 cm³/mol. The Balaban J connectivity index is 1.67. The first-order chi connectivity index (χ1) is 15.2. The third-order valence-electron chi connectivity index (χ3n) is 5.56. The molecular weight excluding hydrogens is 454 g/mol. The smallest absolute Gasteiger partial charge is 0.247 e. The fraction of sp³-hybridized carbons (Fsp3) is 0.409. The van der Waals surface area contributed by atoms with E-state index in [4.69, 9.17) is 21.1 Å². The van der Waals surface area contributed by atoms with Crippen molar-refractivity contribution in [1.82, 2.24) is 9.21 Å². The standard InChI is InChI=1S/C22H28ClN3O5S/c1-16-5-6-17(23)13-19(16)25-9-11-26(12-10-25)22(27)15-24(2)32(28,29)21-14-18(30-3)7-8-20(21)31-4/h5-8,13-14H,9-12,15H2,1-4H3. The van der Waals surface area contributed by atoms with E-state index >= 15 is 0 Å². The highest BCUT2D eigenvalue weighted by Gasteiger charge is 2.30. The number of sulfonamides is 1. The lowest BCUT2D eigenvalue weighted by atomic mass is 10.1. The molecular formula is C22H28ClN3O5S. The number of nitrogens with zero attached hydrogens (tertiary/aromatic N) is 3. The average Bonchev–Trinajstić information content (AvgIpc) is 2.80.